The average molecular weight is 439 g/mol. The second kappa shape index (κ2) is 7.39. The number of rotatable bonds is 4. The van der Waals surface area contributed by atoms with Crippen molar-refractivity contribution in [2.75, 3.05) is 20.2 Å². The van der Waals surface area contributed by atoms with Gasteiger partial charge in [0.25, 0.3) is 11.8 Å². The molecule has 8 heteroatoms. The van der Waals surface area contributed by atoms with Crippen LogP contribution in [0.15, 0.2) is 48.8 Å². The van der Waals surface area contributed by atoms with Crippen molar-refractivity contribution >= 4 is 22.9 Å². The molecule has 1 aliphatic heterocycles. The van der Waals surface area contributed by atoms with E-state index in [0.29, 0.717) is 11.2 Å². The number of likely N-dealkylation sites (tertiary alicyclic amines) is 1. The summed E-state index contributed by atoms with van der Waals surface area (Å²) in [6, 6.07) is 11.4. The van der Waals surface area contributed by atoms with E-state index >= 15 is 0 Å². The lowest BCUT2D eigenvalue weighted by atomic mass is 9.96. The molecule has 5 rings (SSSR count). The number of nitrogens with zero attached hydrogens (tertiary/aromatic N) is 3. The van der Waals surface area contributed by atoms with E-state index in [9.17, 15) is 18.4 Å². The molecular formula is C24H23F2N3O3. The van der Waals surface area contributed by atoms with Crippen LogP contribution in [0.25, 0.3) is 16.7 Å². The van der Waals surface area contributed by atoms with Gasteiger partial charge < -0.3 is 14.2 Å². The monoisotopic (exact) mass is 439 g/mol. The largest absolute Gasteiger partial charge is 0.468 e. The topological polar surface area (TPSA) is 64.4 Å². The molecule has 0 spiro atoms. The second-order valence-electron chi connectivity index (χ2n) is 8.59. The molecule has 0 atom stereocenters. The van der Waals surface area contributed by atoms with Crippen LogP contribution >= 0.6 is 0 Å². The Morgan fingerprint density at radius 1 is 1.03 bits per heavy atom. The van der Waals surface area contributed by atoms with Crippen molar-refractivity contribution in [1.82, 2.24) is 14.5 Å². The molecule has 0 unspecified atom stereocenters. The normalized spacial score (nSPS) is 19.0. The minimum absolute atomic E-state index is 0.0459. The van der Waals surface area contributed by atoms with E-state index in [2.05, 4.69) is 4.98 Å². The first-order chi connectivity index (χ1) is 15.3. The van der Waals surface area contributed by atoms with E-state index in [4.69, 9.17) is 4.74 Å². The van der Waals surface area contributed by atoms with Crippen LogP contribution in [-0.2, 0) is 14.9 Å². The van der Waals surface area contributed by atoms with Gasteiger partial charge in [-0.2, -0.15) is 0 Å². The van der Waals surface area contributed by atoms with Crippen LogP contribution in [0.4, 0.5) is 8.78 Å². The number of aromatic nitrogens is 2. The first-order valence-electron chi connectivity index (χ1n) is 10.7. The molecule has 1 aromatic carbocycles. The Kier molecular flexibility index (Phi) is 4.76. The molecule has 2 aliphatic rings. The van der Waals surface area contributed by atoms with E-state index in [1.54, 1.807) is 6.07 Å². The van der Waals surface area contributed by atoms with Gasteiger partial charge in [0.2, 0.25) is 0 Å². The molecular weight excluding hydrogens is 416 g/mol. The maximum atomic E-state index is 13.4. The first kappa shape index (κ1) is 20.6. The van der Waals surface area contributed by atoms with Crippen molar-refractivity contribution in [3.8, 4) is 5.69 Å². The second-order valence-corrected chi connectivity index (χ2v) is 8.59. The SMILES string of the molecule is COC(=O)C1(c2ccc(-n3ccc4cc(C(=O)N5CCC(F)(F)CC5)cnc43)cc2)CC1. The number of methoxy groups -OCH3 is 1. The minimum atomic E-state index is -2.69. The average Bonchev–Trinajstić information content (AvgIpc) is 3.51. The van der Waals surface area contributed by atoms with E-state index < -0.39 is 11.3 Å². The zero-order valence-electron chi connectivity index (χ0n) is 17.7. The van der Waals surface area contributed by atoms with Gasteiger partial charge in [0.1, 0.15) is 5.65 Å². The van der Waals surface area contributed by atoms with Crippen LogP contribution in [0.1, 0.15) is 41.6 Å². The Morgan fingerprint density at radius 2 is 1.72 bits per heavy atom. The maximum Gasteiger partial charge on any atom is 0.316 e. The molecule has 0 N–H and O–H groups in total. The quantitative estimate of drug-likeness (QED) is 0.574. The molecule has 2 aromatic heterocycles. The number of hydrogen-bond acceptors (Lipinski definition) is 4. The fourth-order valence-electron chi connectivity index (χ4n) is 4.44. The molecule has 32 heavy (non-hydrogen) atoms. The Hall–Kier alpha value is -3.29. The number of esters is 1. The summed E-state index contributed by atoms with van der Waals surface area (Å²) in [7, 11) is 1.41. The summed E-state index contributed by atoms with van der Waals surface area (Å²) in [6.07, 6.45) is 4.33. The molecule has 166 valence electrons. The zero-order valence-corrected chi connectivity index (χ0v) is 17.7. The number of hydrogen-bond donors (Lipinski definition) is 0. The standard InChI is InChI=1S/C24H23F2N3O3/c1-32-22(31)23(7-8-23)18-2-4-19(5-3-18)29-11-6-16-14-17(15-27-20(16)29)21(30)28-12-9-24(25,26)10-13-28/h2-6,11,14-15H,7-10,12-13H2,1H3. The molecule has 2 fully saturated rings. The highest BCUT2D eigenvalue weighted by atomic mass is 19.3. The summed E-state index contributed by atoms with van der Waals surface area (Å²) < 4.78 is 33.6. The Balaban J connectivity index is 1.38. The van der Waals surface area contributed by atoms with Crippen LogP contribution in [-0.4, -0.2) is 52.4 Å². The molecule has 6 nitrogen and oxygen atoms in total. The van der Waals surface area contributed by atoms with Gasteiger partial charge in [-0.15, -0.1) is 0 Å². The van der Waals surface area contributed by atoms with Gasteiger partial charge in [0.05, 0.1) is 18.1 Å². The third kappa shape index (κ3) is 3.43. The lowest BCUT2D eigenvalue weighted by Crippen LogP contribution is -2.42. The van der Waals surface area contributed by atoms with Gasteiger partial charge in [0.15, 0.2) is 0 Å². The van der Waals surface area contributed by atoms with Gasteiger partial charge in [-0.1, -0.05) is 12.1 Å². The van der Waals surface area contributed by atoms with Crippen LogP contribution in [0.2, 0.25) is 0 Å². The Morgan fingerprint density at radius 3 is 2.34 bits per heavy atom. The van der Waals surface area contributed by atoms with Gasteiger partial charge in [-0.3, -0.25) is 9.59 Å². The van der Waals surface area contributed by atoms with Crippen molar-refractivity contribution in [2.24, 2.45) is 0 Å². The van der Waals surface area contributed by atoms with Crippen LogP contribution in [0, 0.1) is 0 Å². The molecule has 0 bridgehead atoms. The highest BCUT2D eigenvalue weighted by Crippen LogP contribution is 2.49. The first-order valence-corrected chi connectivity index (χ1v) is 10.7. The zero-order chi connectivity index (χ0) is 22.5. The highest BCUT2D eigenvalue weighted by Gasteiger charge is 2.52. The van der Waals surface area contributed by atoms with Crippen molar-refractivity contribution in [3.05, 3.63) is 59.9 Å². The molecule has 0 radical (unpaired) electrons. The smallest absolute Gasteiger partial charge is 0.316 e. The molecule has 3 heterocycles. The van der Waals surface area contributed by atoms with Crippen LogP contribution in [0.5, 0.6) is 0 Å². The predicted molar refractivity (Wildman–Crippen MR) is 114 cm³/mol. The van der Waals surface area contributed by atoms with E-state index in [1.165, 1.54) is 18.2 Å². The lowest BCUT2D eigenvalue weighted by molar-refractivity contribution is -0.143. The van der Waals surface area contributed by atoms with Crippen molar-refractivity contribution in [2.45, 2.75) is 37.0 Å². The molecule has 3 aromatic rings. The number of ether oxygens (including phenoxy) is 1. The number of pyridine rings is 1. The van der Waals surface area contributed by atoms with Crippen LogP contribution < -0.4 is 0 Å². The summed E-state index contributed by atoms with van der Waals surface area (Å²) in [5, 5.41) is 0.787. The number of amides is 1. The highest BCUT2D eigenvalue weighted by molar-refractivity contribution is 5.97. The van der Waals surface area contributed by atoms with E-state index in [1.807, 2.05) is 41.1 Å². The van der Waals surface area contributed by atoms with Gasteiger partial charge in [-0.05, 0) is 42.7 Å². The number of benzene rings is 1. The van der Waals surface area contributed by atoms with Gasteiger partial charge >= 0.3 is 5.97 Å². The van der Waals surface area contributed by atoms with E-state index in [0.717, 1.165) is 29.5 Å². The number of piperidine rings is 1. The van der Waals surface area contributed by atoms with Crippen molar-refractivity contribution in [3.63, 3.8) is 0 Å². The Bertz CT molecular complexity index is 1190. The number of carbonyl (C=O) groups is 2. The van der Waals surface area contributed by atoms with E-state index in [-0.39, 0.29) is 37.8 Å². The number of fused-ring (bicyclic) bond motifs is 1. The third-order valence-corrected chi connectivity index (χ3v) is 6.58. The summed E-state index contributed by atoms with van der Waals surface area (Å²) in [6.45, 7) is 0.0919. The summed E-state index contributed by atoms with van der Waals surface area (Å²) in [4.78, 5) is 30.8. The summed E-state index contributed by atoms with van der Waals surface area (Å²) in [5.41, 5.74) is 2.39. The van der Waals surface area contributed by atoms with Crippen molar-refractivity contribution < 1.29 is 23.1 Å². The van der Waals surface area contributed by atoms with Crippen LogP contribution in [0.3, 0.4) is 0 Å². The third-order valence-electron chi connectivity index (χ3n) is 6.58. The van der Waals surface area contributed by atoms with Gasteiger partial charge in [0, 0.05) is 49.4 Å². The molecule has 1 aliphatic carbocycles. The fourth-order valence-corrected chi connectivity index (χ4v) is 4.44. The molecule has 1 amide bonds. The number of halogens is 2. The fraction of sp³-hybridized carbons (Fsp3) is 0.375. The Labute approximate surface area is 183 Å². The van der Waals surface area contributed by atoms with Gasteiger partial charge in [-0.25, -0.2) is 13.8 Å². The summed E-state index contributed by atoms with van der Waals surface area (Å²) in [5.74, 6) is -3.17. The lowest BCUT2D eigenvalue weighted by Gasteiger charge is -2.31. The van der Waals surface area contributed by atoms with Crippen molar-refractivity contribution in [1.29, 1.82) is 0 Å². The number of carbonyl (C=O) groups excluding carboxylic acids is 2. The molecule has 1 saturated heterocycles. The maximum absolute atomic E-state index is 13.4. The molecule has 1 saturated carbocycles. The minimum Gasteiger partial charge on any atom is -0.468 e. The summed E-state index contributed by atoms with van der Waals surface area (Å²) >= 11 is 0. The number of alkyl halides is 2. The predicted octanol–water partition coefficient (Wildman–Crippen LogP) is 4.10.